The summed E-state index contributed by atoms with van der Waals surface area (Å²) in [5.74, 6) is -1.90. The molecule has 3 aliphatic rings. The van der Waals surface area contributed by atoms with Crippen LogP contribution in [0, 0.1) is 17.1 Å². The van der Waals surface area contributed by atoms with E-state index < -0.39 is 40.6 Å². The van der Waals surface area contributed by atoms with E-state index >= 15 is 4.39 Å². The zero-order chi connectivity index (χ0) is 28.1. The molecule has 1 aliphatic carbocycles. The van der Waals surface area contributed by atoms with Gasteiger partial charge in [0.25, 0.3) is 11.8 Å². The van der Waals surface area contributed by atoms with E-state index in [4.69, 9.17) is 17.5 Å². The molecule has 1 N–H and O–H groups in total. The summed E-state index contributed by atoms with van der Waals surface area (Å²) in [6, 6.07) is 5.93. The quantitative estimate of drug-likeness (QED) is 0.447. The second kappa shape index (κ2) is 9.84. The van der Waals surface area contributed by atoms with E-state index in [9.17, 15) is 22.8 Å². The van der Waals surface area contributed by atoms with Crippen LogP contribution >= 0.6 is 12.2 Å². The van der Waals surface area contributed by atoms with Crippen molar-refractivity contribution in [2.24, 2.45) is 0 Å². The van der Waals surface area contributed by atoms with Gasteiger partial charge >= 0.3 is 6.18 Å². The Hall–Kier alpha value is -3.63. The molecule has 1 aromatic carbocycles. The lowest BCUT2D eigenvalue weighted by molar-refractivity contribution is -0.138. The van der Waals surface area contributed by atoms with Crippen molar-refractivity contribution in [1.29, 1.82) is 5.26 Å². The number of alkyl halides is 3. The Balaban J connectivity index is 1.45. The largest absolute Gasteiger partial charge is 0.419 e. The number of piperidine rings is 1. The van der Waals surface area contributed by atoms with Gasteiger partial charge in [-0.25, -0.2) is 9.37 Å². The summed E-state index contributed by atoms with van der Waals surface area (Å²) in [6.45, 7) is 1.65. The number of nitrogens with one attached hydrogen (secondary N) is 1. The molecule has 1 aromatic heterocycles. The predicted molar refractivity (Wildman–Crippen MR) is 137 cm³/mol. The van der Waals surface area contributed by atoms with Gasteiger partial charge in [0.1, 0.15) is 17.4 Å². The molecule has 8 nitrogen and oxygen atoms in total. The lowest BCUT2D eigenvalue weighted by atomic mass is 9.75. The smallest absolute Gasteiger partial charge is 0.349 e. The Morgan fingerprint density at radius 2 is 1.90 bits per heavy atom. The Bertz CT molecular complexity index is 1400. The van der Waals surface area contributed by atoms with Crippen LogP contribution in [-0.2, 0) is 11.0 Å². The van der Waals surface area contributed by atoms with E-state index in [2.05, 4.69) is 15.2 Å². The minimum absolute atomic E-state index is 0.0639. The van der Waals surface area contributed by atoms with Gasteiger partial charge in [0.2, 0.25) is 0 Å². The van der Waals surface area contributed by atoms with Crippen molar-refractivity contribution in [3.8, 4) is 6.07 Å². The number of rotatable bonds is 4. The molecule has 39 heavy (non-hydrogen) atoms. The Kier molecular flexibility index (Phi) is 6.80. The van der Waals surface area contributed by atoms with Gasteiger partial charge in [0.15, 0.2) is 10.8 Å². The van der Waals surface area contributed by atoms with Gasteiger partial charge in [-0.15, -0.1) is 0 Å². The molecule has 13 heteroatoms. The van der Waals surface area contributed by atoms with Crippen molar-refractivity contribution in [2.75, 3.05) is 29.9 Å². The van der Waals surface area contributed by atoms with Crippen LogP contribution in [0.2, 0.25) is 0 Å². The van der Waals surface area contributed by atoms with Crippen molar-refractivity contribution in [1.82, 2.24) is 15.2 Å². The van der Waals surface area contributed by atoms with Crippen LogP contribution < -0.4 is 15.1 Å². The number of thiocarbonyl (C=S) groups is 1. The molecule has 2 saturated heterocycles. The number of pyridine rings is 1. The molecule has 3 heterocycles. The number of carbonyl (C=O) groups excluding carboxylic acids is 2. The lowest BCUT2D eigenvalue weighted by Gasteiger charge is -2.43. The van der Waals surface area contributed by atoms with Crippen molar-refractivity contribution in [3.63, 3.8) is 0 Å². The van der Waals surface area contributed by atoms with Crippen LogP contribution in [-0.4, -0.2) is 58.5 Å². The van der Waals surface area contributed by atoms with Gasteiger partial charge < -0.3 is 15.1 Å². The van der Waals surface area contributed by atoms with E-state index in [1.54, 1.807) is 0 Å². The van der Waals surface area contributed by atoms with Gasteiger partial charge in [-0.2, -0.15) is 18.4 Å². The first kappa shape index (κ1) is 27.0. The second-order valence-corrected chi connectivity index (χ2v) is 10.4. The minimum Gasteiger partial charge on any atom is -0.349 e. The highest BCUT2D eigenvalue weighted by atomic mass is 32.1. The third kappa shape index (κ3) is 4.61. The van der Waals surface area contributed by atoms with Crippen LogP contribution in [0.15, 0.2) is 30.5 Å². The molecule has 0 atom stereocenters. The van der Waals surface area contributed by atoms with E-state index in [0.29, 0.717) is 25.3 Å². The fraction of sp³-hybridized carbons (Fsp3) is 0.423. The molecule has 1 spiro atoms. The van der Waals surface area contributed by atoms with Crippen molar-refractivity contribution < 1.29 is 27.2 Å². The normalized spacial score (nSPS) is 19.8. The molecule has 0 radical (unpaired) electrons. The number of aromatic nitrogens is 1. The molecule has 0 bridgehead atoms. The maximum absolute atomic E-state index is 15.3. The summed E-state index contributed by atoms with van der Waals surface area (Å²) in [4.78, 5) is 34.5. The average Bonchev–Trinajstić information content (AvgIpc) is 3.11. The highest BCUT2D eigenvalue weighted by Gasteiger charge is 2.60. The molecule has 204 valence electrons. The number of benzene rings is 1. The molecule has 3 fully saturated rings. The van der Waals surface area contributed by atoms with Crippen LogP contribution in [0.3, 0.4) is 0 Å². The number of carbonyl (C=O) groups is 2. The fourth-order valence-electron chi connectivity index (χ4n) is 5.33. The van der Waals surface area contributed by atoms with E-state index in [0.717, 1.165) is 43.1 Å². The molecule has 0 unspecified atom stereocenters. The predicted octanol–water partition coefficient (Wildman–Crippen LogP) is 4.00. The van der Waals surface area contributed by atoms with Crippen molar-refractivity contribution in [3.05, 3.63) is 53.1 Å². The molecule has 2 amide bonds. The molecular weight excluding hydrogens is 536 g/mol. The fourth-order valence-corrected chi connectivity index (χ4v) is 5.80. The van der Waals surface area contributed by atoms with Gasteiger partial charge in [-0.3, -0.25) is 14.5 Å². The van der Waals surface area contributed by atoms with Gasteiger partial charge in [0.05, 0.1) is 23.0 Å². The number of halogens is 4. The van der Waals surface area contributed by atoms with Crippen molar-refractivity contribution >= 4 is 40.5 Å². The second-order valence-electron chi connectivity index (χ2n) is 10.1. The van der Waals surface area contributed by atoms with Crippen molar-refractivity contribution in [2.45, 2.75) is 49.9 Å². The zero-order valence-corrected chi connectivity index (χ0v) is 21.7. The number of hydrogen-bond donors (Lipinski definition) is 1. The first-order chi connectivity index (χ1) is 18.5. The molecule has 2 aliphatic heterocycles. The third-order valence-electron chi connectivity index (χ3n) is 7.64. The third-order valence-corrected chi connectivity index (χ3v) is 8.01. The first-order valence-electron chi connectivity index (χ1n) is 12.4. The number of hydrogen-bond acceptors (Lipinski definition) is 6. The highest BCUT2D eigenvalue weighted by Crippen LogP contribution is 2.48. The Labute approximate surface area is 227 Å². The number of likely N-dealkylation sites (tertiary alicyclic amines) is 1. The molecule has 5 rings (SSSR count). The highest BCUT2D eigenvalue weighted by molar-refractivity contribution is 7.81. The maximum Gasteiger partial charge on any atom is 0.419 e. The van der Waals surface area contributed by atoms with Gasteiger partial charge in [0, 0.05) is 11.7 Å². The van der Waals surface area contributed by atoms with E-state index in [1.807, 2.05) is 7.05 Å². The summed E-state index contributed by atoms with van der Waals surface area (Å²) < 4.78 is 56.0. The van der Waals surface area contributed by atoms with Gasteiger partial charge in [-0.05, 0) is 88.7 Å². The summed E-state index contributed by atoms with van der Waals surface area (Å²) >= 11 is 5.55. The van der Waals surface area contributed by atoms with Crippen LogP contribution in [0.1, 0.15) is 53.7 Å². The van der Waals surface area contributed by atoms with E-state index in [-0.39, 0.29) is 28.1 Å². The number of amides is 2. The zero-order valence-electron chi connectivity index (χ0n) is 20.9. The summed E-state index contributed by atoms with van der Waals surface area (Å²) in [7, 11) is 1.99. The number of anilines is 2. The van der Waals surface area contributed by atoms with Crippen LogP contribution in [0.4, 0.5) is 28.9 Å². The molecule has 2 aromatic rings. The monoisotopic (exact) mass is 560 g/mol. The van der Waals surface area contributed by atoms with Crippen LogP contribution in [0.25, 0.3) is 0 Å². The summed E-state index contributed by atoms with van der Waals surface area (Å²) in [5.41, 5.74) is -3.48. The maximum atomic E-state index is 15.3. The first-order valence-corrected chi connectivity index (χ1v) is 12.8. The lowest BCUT2D eigenvalue weighted by Crippen LogP contribution is -2.55. The molecule has 1 saturated carbocycles. The molecular formula is C26H24F4N6O2S. The summed E-state index contributed by atoms with van der Waals surface area (Å²) in [6.07, 6.45) is -0.992. The topological polar surface area (TPSA) is 92.6 Å². The standard InChI is InChI=1S/C26H24F4N6O2S/c1-34-9-5-15(6-10-34)33-22(37)18-4-3-16(12-20(18)27)36-24(39)35(23(38)25(36)7-2-8-25)17-11-19(26(28,29)30)21(13-31)32-14-17/h3-4,11-12,14-15H,2,5-10H2,1H3,(H,33,37). The Morgan fingerprint density at radius 1 is 1.21 bits per heavy atom. The number of nitrogens with zero attached hydrogens (tertiary/aromatic N) is 5. The summed E-state index contributed by atoms with van der Waals surface area (Å²) in [5, 5.41) is 11.8. The number of nitriles is 1. The SMILES string of the molecule is CN1CCC(NC(=O)c2ccc(N3C(=S)N(c4cnc(C#N)c(C(F)(F)F)c4)C(=O)C34CCC4)cc2F)CC1. The van der Waals surface area contributed by atoms with E-state index in [1.165, 1.54) is 23.1 Å². The Morgan fingerprint density at radius 3 is 2.46 bits per heavy atom. The minimum atomic E-state index is -4.88. The average molecular weight is 561 g/mol. The van der Waals surface area contributed by atoms with Crippen LogP contribution in [0.5, 0.6) is 0 Å². The van der Waals surface area contributed by atoms with Gasteiger partial charge in [-0.1, -0.05) is 0 Å².